The van der Waals surface area contributed by atoms with Crippen molar-refractivity contribution in [3.63, 3.8) is 0 Å². The molecule has 1 aromatic heterocycles. The van der Waals surface area contributed by atoms with Crippen LogP contribution in [-0.4, -0.2) is 15.3 Å². The summed E-state index contributed by atoms with van der Waals surface area (Å²) in [4.78, 5) is 18.0. The van der Waals surface area contributed by atoms with Gasteiger partial charge in [-0.25, -0.2) is 4.98 Å². The van der Waals surface area contributed by atoms with Crippen LogP contribution in [0.15, 0.2) is 52.4 Å². The van der Waals surface area contributed by atoms with Crippen LogP contribution < -0.4 is 5.56 Å². The van der Waals surface area contributed by atoms with Crippen LogP contribution in [-0.2, 0) is 0 Å². The van der Waals surface area contributed by atoms with Crippen LogP contribution >= 0.6 is 11.8 Å². The molecular weight excluding hydrogens is 368 g/mol. The van der Waals surface area contributed by atoms with Gasteiger partial charge in [0.2, 0.25) is 0 Å². The molecule has 0 radical (unpaired) electrons. The summed E-state index contributed by atoms with van der Waals surface area (Å²) in [6.45, 7) is 4.00. The van der Waals surface area contributed by atoms with Gasteiger partial charge < -0.3 is 0 Å². The molecule has 0 bridgehead atoms. The highest BCUT2D eigenvalue weighted by molar-refractivity contribution is 7.99. The minimum absolute atomic E-state index is 0.118. The number of hydrogen-bond acceptors (Lipinski definition) is 5. The number of thioether (sulfide) groups is 1. The van der Waals surface area contributed by atoms with Crippen molar-refractivity contribution < 1.29 is 0 Å². The van der Waals surface area contributed by atoms with Crippen molar-refractivity contribution in [2.24, 2.45) is 5.92 Å². The van der Waals surface area contributed by atoms with E-state index in [1.54, 1.807) is 10.6 Å². The Morgan fingerprint density at radius 2 is 1.93 bits per heavy atom. The molecule has 1 heterocycles. The molecule has 0 saturated carbocycles. The number of benzene rings is 2. The van der Waals surface area contributed by atoms with E-state index >= 15 is 0 Å². The fraction of sp³-hybridized carbons (Fsp3) is 0.273. The molecule has 0 saturated heterocycles. The molecule has 0 fully saturated rings. The van der Waals surface area contributed by atoms with Crippen LogP contribution in [0.2, 0.25) is 0 Å². The van der Waals surface area contributed by atoms with Crippen LogP contribution in [0.3, 0.4) is 0 Å². The highest BCUT2D eigenvalue weighted by atomic mass is 32.2. The van der Waals surface area contributed by atoms with Crippen molar-refractivity contribution in [1.82, 2.24) is 9.55 Å². The Balaban J connectivity index is 2.13. The summed E-state index contributed by atoms with van der Waals surface area (Å²) in [6.07, 6.45) is 0.856. The van der Waals surface area contributed by atoms with Gasteiger partial charge in [-0.15, -0.1) is 0 Å². The van der Waals surface area contributed by atoms with Gasteiger partial charge in [0.15, 0.2) is 5.16 Å². The number of fused-ring (bicyclic) bond motifs is 1. The summed E-state index contributed by atoms with van der Waals surface area (Å²) in [5.74, 6) is 0.216. The third-order valence-electron chi connectivity index (χ3n) is 4.76. The van der Waals surface area contributed by atoms with E-state index in [-0.39, 0.29) is 11.5 Å². The quantitative estimate of drug-likeness (QED) is 0.457. The third kappa shape index (κ3) is 3.93. The van der Waals surface area contributed by atoms with Crippen molar-refractivity contribution in [2.75, 3.05) is 5.75 Å². The molecule has 0 aliphatic carbocycles. The van der Waals surface area contributed by atoms with E-state index in [1.165, 1.54) is 11.8 Å². The topological polar surface area (TPSA) is 82.5 Å². The van der Waals surface area contributed by atoms with Gasteiger partial charge in [-0.1, -0.05) is 36.0 Å². The van der Waals surface area contributed by atoms with E-state index in [9.17, 15) is 10.1 Å². The molecule has 5 nitrogen and oxygen atoms in total. The molecule has 3 rings (SSSR count). The SMILES string of the molecule is Cc1cccc(-n2c(SC[C@@H](C#N)CCC#N)nc3ccccc3c2=O)c1C. The minimum atomic E-state index is -0.264. The first-order valence-corrected chi connectivity index (χ1v) is 10.0. The van der Waals surface area contributed by atoms with Crippen LogP contribution in [0.4, 0.5) is 0 Å². The molecule has 0 unspecified atom stereocenters. The van der Waals surface area contributed by atoms with Crippen LogP contribution in [0.25, 0.3) is 16.6 Å². The molecule has 0 N–H and O–H groups in total. The van der Waals surface area contributed by atoms with Crippen LogP contribution in [0.1, 0.15) is 24.0 Å². The van der Waals surface area contributed by atoms with Gasteiger partial charge >= 0.3 is 0 Å². The number of rotatable bonds is 6. The summed E-state index contributed by atoms with van der Waals surface area (Å²) < 4.78 is 1.65. The molecular formula is C22H20N4OS. The highest BCUT2D eigenvalue weighted by Gasteiger charge is 2.17. The zero-order chi connectivity index (χ0) is 20.1. The molecule has 1 atom stereocenters. The maximum absolute atomic E-state index is 13.3. The monoisotopic (exact) mass is 388 g/mol. The molecule has 3 aromatic rings. The molecule has 0 aliphatic rings. The number of nitrogens with zero attached hydrogens (tertiary/aromatic N) is 4. The fourth-order valence-corrected chi connectivity index (χ4v) is 4.06. The molecule has 6 heteroatoms. The van der Waals surface area contributed by atoms with E-state index in [4.69, 9.17) is 10.2 Å². The summed E-state index contributed by atoms with van der Waals surface area (Å²) in [5.41, 5.74) is 3.44. The Bertz CT molecular complexity index is 1150. The van der Waals surface area contributed by atoms with Crippen molar-refractivity contribution in [3.8, 4) is 17.8 Å². The summed E-state index contributed by atoms with van der Waals surface area (Å²) in [5, 5.41) is 19.3. The molecule has 2 aromatic carbocycles. The number of hydrogen-bond donors (Lipinski definition) is 0. The highest BCUT2D eigenvalue weighted by Crippen LogP contribution is 2.26. The second-order valence-electron chi connectivity index (χ2n) is 6.60. The zero-order valence-electron chi connectivity index (χ0n) is 15.8. The lowest BCUT2D eigenvalue weighted by atomic mass is 10.1. The first-order valence-electron chi connectivity index (χ1n) is 9.04. The summed E-state index contributed by atoms with van der Waals surface area (Å²) in [6, 6.07) is 17.5. The van der Waals surface area contributed by atoms with Crippen molar-refractivity contribution in [2.45, 2.75) is 31.8 Å². The maximum Gasteiger partial charge on any atom is 0.266 e. The average molecular weight is 388 g/mol. The van der Waals surface area contributed by atoms with Gasteiger partial charge in [0, 0.05) is 12.2 Å². The predicted molar refractivity (Wildman–Crippen MR) is 111 cm³/mol. The molecule has 28 heavy (non-hydrogen) atoms. The number of nitriles is 2. The van der Waals surface area contributed by atoms with Gasteiger partial charge in [-0.05, 0) is 49.6 Å². The second-order valence-corrected chi connectivity index (χ2v) is 7.59. The molecule has 0 amide bonds. The number of aromatic nitrogens is 2. The summed E-state index contributed by atoms with van der Waals surface area (Å²) >= 11 is 1.39. The van der Waals surface area contributed by atoms with Crippen molar-refractivity contribution in [3.05, 3.63) is 63.9 Å². The van der Waals surface area contributed by atoms with Gasteiger partial charge in [-0.3, -0.25) is 9.36 Å². The van der Waals surface area contributed by atoms with E-state index in [0.29, 0.717) is 34.7 Å². The first-order chi connectivity index (χ1) is 13.6. The van der Waals surface area contributed by atoms with Gasteiger partial charge in [0.25, 0.3) is 5.56 Å². The molecule has 0 aliphatic heterocycles. The Morgan fingerprint density at radius 3 is 2.68 bits per heavy atom. The Labute approximate surface area is 168 Å². The lowest BCUT2D eigenvalue weighted by molar-refractivity contribution is 0.682. The fourth-order valence-electron chi connectivity index (χ4n) is 3.00. The van der Waals surface area contributed by atoms with Crippen LogP contribution in [0.5, 0.6) is 0 Å². The Hall–Kier alpha value is -3.09. The normalized spacial score (nSPS) is 11.7. The lowest BCUT2D eigenvalue weighted by Gasteiger charge is -2.17. The lowest BCUT2D eigenvalue weighted by Crippen LogP contribution is -2.23. The van der Waals surface area contributed by atoms with Crippen molar-refractivity contribution in [1.29, 1.82) is 10.5 Å². The zero-order valence-corrected chi connectivity index (χ0v) is 16.7. The van der Waals surface area contributed by atoms with Crippen molar-refractivity contribution >= 4 is 22.7 Å². The smallest absolute Gasteiger partial charge is 0.266 e. The van der Waals surface area contributed by atoms with E-state index in [2.05, 4.69) is 12.1 Å². The average Bonchev–Trinajstić information content (AvgIpc) is 2.71. The molecule has 0 spiro atoms. The van der Waals surface area contributed by atoms with Gasteiger partial charge in [-0.2, -0.15) is 10.5 Å². The van der Waals surface area contributed by atoms with Gasteiger partial charge in [0.1, 0.15) is 0 Å². The standard InChI is InChI=1S/C22H20N4OS/c1-15-7-5-11-20(16(15)2)26-21(27)18-9-3-4-10-19(18)25-22(26)28-14-17(13-24)8-6-12-23/h3-5,7,9-11,17H,6,8,14H2,1-2H3/t17-/m1/s1. The third-order valence-corrected chi connectivity index (χ3v) is 5.86. The predicted octanol–water partition coefficient (Wildman–Crippen LogP) is 4.54. The number of para-hydroxylation sites is 1. The number of aryl methyl sites for hydroxylation is 1. The summed E-state index contributed by atoms with van der Waals surface area (Å²) in [7, 11) is 0. The van der Waals surface area contributed by atoms with E-state index < -0.39 is 0 Å². The maximum atomic E-state index is 13.3. The second kappa shape index (κ2) is 8.73. The first kappa shape index (κ1) is 19.7. The Kier molecular flexibility index (Phi) is 6.13. The largest absolute Gasteiger partial charge is 0.268 e. The van der Waals surface area contributed by atoms with Gasteiger partial charge in [0.05, 0.1) is 34.6 Å². The van der Waals surface area contributed by atoms with E-state index in [0.717, 1.165) is 16.8 Å². The molecule has 140 valence electrons. The Morgan fingerprint density at radius 1 is 1.14 bits per heavy atom. The minimum Gasteiger partial charge on any atom is -0.268 e. The van der Waals surface area contributed by atoms with E-state index in [1.807, 2.05) is 50.2 Å². The van der Waals surface area contributed by atoms with Crippen LogP contribution in [0, 0.1) is 42.4 Å².